The van der Waals surface area contributed by atoms with Gasteiger partial charge >= 0.3 is 0 Å². The van der Waals surface area contributed by atoms with E-state index < -0.39 is 5.92 Å². The molecule has 1 aromatic heterocycles. The van der Waals surface area contributed by atoms with Gasteiger partial charge in [-0.05, 0) is 23.3 Å². The third kappa shape index (κ3) is 3.91. The van der Waals surface area contributed by atoms with Gasteiger partial charge in [-0.25, -0.2) is 0 Å². The molecule has 8 nitrogen and oxygen atoms in total. The molecule has 0 saturated heterocycles. The van der Waals surface area contributed by atoms with Gasteiger partial charge in [-0.1, -0.05) is 36.4 Å². The second-order valence-corrected chi connectivity index (χ2v) is 6.96. The number of nitrogens with zero attached hydrogens (tertiary/aromatic N) is 2. The average Bonchev–Trinajstić information content (AvgIpc) is 3.19. The second-order valence-electron chi connectivity index (χ2n) is 6.96. The Bertz CT molecular complexity index is 1150. The molecule has 3 aromatic rings. The zero-order valence-corrected chi connectivity index (χ0v) is 17.2. The standard InChI is InChI=1S/C23H22N4O4/c1-28-13-17-21-20(16(11-24)22(25)31-23(21)27-26-17)15-8-9-18(19(10-15)29-2)30-12-14-6-4-3-5-7-14/h3-10,20H,12-13,25H2,1-2H3,(H,26,27). The second kappa shape index (κ2) is 8.81. The van der Waals surface area contributed by atoms with Crippen LogP contribution in [0.25, 0.3) is 0 Å². The molecule has 158 valence electrons. The number of H-pyrrole nitrogens is 1. The van der Waals surface area contributed by atoms with Crippen LogP contribution in [0.4, 0.5) is 0 Å². The molecule has 0 amide bonds. The fourth-order valence-electron chi connectivity index (χ4n) is 3.61. The van der Waals surface area contributed by atoms with Crippen LogP contribution >= 0.6 is 0 Å². The lowest BCUT2D eigenvalue weighted by Crippen LogP contribution is -2.21. The summed E-state index contributed by atoms with van der Waals surface area (Å²) in [6.07, 6.45) is 0. The highest BCUT2D eigenvalue weighted by molar-refractivity contribution is 5.57. The van der Waals surface area contributed by atoms with E-state index in [0.29, 0.717) is 40.8 Å². The first kappa shape index (κ1) is 20.3. The van der Waals surface area contributed by atoms with E-state index >= 15 is 0 Å². The molecule has 0 bridgehead atoms. The molecule has 0 spiro atoms. The number of hydrogen-bond acceptors (Lipinski definition) is 7. The molecule has 4 rings (SSSR count). The van der Waals surface area contributed by atoms with Crippen molar-refractivity contribution in [2.75, 3.05) is 14.2 Å². The third-order valence-corrected chi connectivity index (χ3v) is 5.06. The topological polar surface area (TPSA) is 115 Å². The molecule has 0 saturated carbocycles. The molecule has 2 heterocycles. The van der Waals surface area contributed by atoms with Gasteiger partial charge in [0.25, 0.3) is 0 Å². The summed E-state index contributed by atoms with van der Waals surface area (Å²) in [4.78, 5) is 0. The summed E-state index contributed by atoms with van der Waals surface area (Å²) in [5.41, 5.74) is 9.60. The minimum absolute atomic E-state index is 0.0267. The molecule has 31 heavy (non-hydrogen) atoms. The van der Waals surface area contributed by atoms with E-state index in [1.165, 1.54) is 0 Å². The van der Waals surface area contributed by atoms with Crippen LogP contribution in [0.3, 0.4) is 0 Å². The SMILES string of the molecule is COCc1[nH]nc2c1C(c1ccc(OCc3ccccc3)c(OC)c1)C(C#N)=C(N)O2. The first-order valence-electron chi connectivity index (χ1n) is 9.64. The van der Waals surface area contributed by atoms with E-state index in [9.17, 15) is 5.26 Å². The van der Waals surface area contributed by atoms with E-state index in [2.05, 4.69) is 16.3 Å². The number of benzene rings is 2. The third-order valence-electron chi connectivity index (χ3n) is 5.06. The van der Waals surface area contributed by atoms with Gasteiger partial charge in [0.15, 0.2) is 11.5 Å². The van der Waals surface area contributed by atoms with Crippen LogP contribution in [-0.4, -0.2) is 24.4 Å². The van der Waals surface area contributed by atoms with Crippen LogP contribution < -0.4 is 19.9 Å². The summed E-state index contributed by atoms with van der Waals surface area (Å²) in [6.45, 7) is 0.699. The predicted molar refractivity (Wildman–Crippen MR) is 112 cm³/mol. The largest absolute Gasteiger partial charge is 0.493 e. The van der Waals surface area contributed by atoms with Crippen molar-refractivity contribution in [2.45, 2.75) is 19.1 Å². The number of aromatic nitrogens is 2. The Morgan fingerprint density at radius 3 is 2.65 bits per heavy atom. The van der Waals surface area contributed by atoms with Crippen molar-refractivity contribution in [3.05, 3.63) is 82.4 Å². The van der Waals surface area contributed by atoms with Crippen LogP contribution in [0.2, 0.25) is 0 Å². The lowest BCUT2D eigenvalue weighted by atomic mass is 9.84. The Hall–Kier alpha value is -3.96. The number of nitrogens with two attached hydrogens (primary N) is 1. The number of rotatable bonds is 7. The summed E-state index contributed by atoms with van der Waals surface area (Å²) >= 11 is 0. The van der Waals surface area contributed by atoms with Gasteiger partial charge < -0.3 is 24.7 Å². The molecule has 1 aliphatic heterocycles. The van der Waals surface area contributed by atoms with Gasteiger partial charge in [-0.3, -0.25) is 5.10 Å². The first-order valence-corrected chi connectivity index (χ1v) is 9.64. The van der Waals surface area contributed by atoms with Gasteiger partial charge in [0.2, 0.25) is 11.8 Å². The van der Waals surface area contributed by atoms with Crippen LogP contribution in [-0.2, 0) is 18.0 Å². The number of nitrogens with one attached hydrogen (secondary N) is 1. The van der Waals surface area contributed by atoms with Gasteiger partial charge in [0, 0.05) is 7.11 Å². The Kier molecular flexibility index (Phi) is 5.78. The molecule has 2 aromatic carbocycles. The van der Waals surface area contributed by atoms with E-state index in [0.717, 1.165) is 11.1 Å². The number of hydrogen-bond donors (Lipinski definition) is 2. The predicted octanol–water partition coefficient (Wildman–Crippen LogP) is 3.36. The highest BCUT2D eigenvalue weighted by atomic mass is 16.5. The molecular formula is C23H22N4O4. The lowest BCUT2D eigenvalue weighted by Gasteiger charge is -2.24. The van der Waals surface area contributed by atoms with Crippen LogP contribution in [0.5, 0.6) is 17.4 Å². The maximum Gasteiger partial charge on any atom is 0.244 e. The first-order chi connectivity index (χ1) is 15.2. The van der Waals surface area contributed by atoms with Crippen LogP contribution in [0, 0.1) is 11.3 Å². The van der Waals surface area contributed by atoms with Gasteiger partial charge in [0.05, 0.1) is 30.9 Å². The summed E-state index contributed by atoms with van der Waals surface area (Å²) < 4.78 is 22.4. The lowest BCUT2D eigenvalue weighted by molar-refractivity contribution is 0.180. The van der Waals surface area contributed by atoms with Crippen LogP contribution in [0.1, 0.15) is 28.3 Å². The fourth-order valence-corrected chi connectivity index (χ4v) is 3.61. The molecule has 1 unspecified atom stereocenters. The number of allylic oxidation sites excluding steroid dienone is 1. The minimum atomic E-state index is -0.477. The fraction of sp³-hybridized carbons (Fsp3) is 0.217. The van der Waals surface area contributed by atoms with Crippen molar-refractivity contribution >= 4 is 0 Å². The maximum absolute atomic E-state index is 9.78. The quantitative estimate of drug-likeness (QED) is 0.604. The zero-order valence-electron chi connectivity index (χ0n) is 17.2. The van der Waals surface area contributed by atoms with Crippen LogP contribution in [0.15, 0.2) is 60.0 Å². The molecule has 1 atom stereocenters. The smallest absolute Gasteiger partial charge is 0.244 e. The molecule has 0 fully saturated rings. The normalized spacial score (nSPS) is 15.1. The maximum atomic E-state index is 9.78. The number of ether oxygens (including phenoxy) is 4. The number of aromatic amines is 1. The molecule has 0 radical (unpaired) electrons. The molecular weight excluding hydrogens is 396 g/mol. The Balaban J connectivity index is 1.71. The monoisotopic (exact) mass is 418 g/mol. The summed E-state index contributed by atoms with van der Waals surface area (Å²) in [7, 11) is 3.16. The summed E-state index contributed by atoms with van der Waals surface area (Å²) in [5, 5.41) is 16.9. The zero-order chi connectivity index (χ0) is 21.8. The van der Waals surface area contributed by atoms with Crippen molar-refractivity contribution in [3.8, 4) is 23.4 Å². The Labute approximate surface area is 179 Å². The van der Waals surface area contributed by atoms with Crippen molar-refractivity contribution in [1.29, 1.82) is 5.26 Å². The number of methoxy groups -OCH3 is 2. The highest BCUT2D eigenvalue weighted by Gasteiger charge is 2.35. The van der Waals surface area contributed by atoms with Crippen molar-refractivity contribution < 1.29 is 18.9 Å². The molecule has 8 heteroatoms. The van der Waals surface area contributed by atoms with Crippen molar-refractivity contribution in [1.82, 2.24) is 10.2 Å². The van der Waals surface area contributed by atoms with E-state index in [-0.39, 0.29) is 12.5 Å². The summed E-state index contributed by atoms with van der Waals surface area (Å²) in [6, 6.07) is 17.6. The van der Waals surface area contributed by atoms with Gasteiger partial charge in [-0.2, -0.15) is 5.26 Å². The number of nitriles is 1. The van der Waals surface area contributed by atoms with E-state index in [4.69, 9.17) is 24.7 Å². The molecule has 0 aliphatic carbocycles. The van der Waals surface area contributed by atoms with Crippen molar-refractivity contribution in [3.63, 3.8) is 0 Å². The molecule has 3 N–H and O–H groups in total. The molecule has 1 aliphatic rings. The van der Waals surface area contributed by atoms with E-state index in [1.807, 2.05) is 48.5 Å². The van der Waals surface area contributed by atoms with E-state index in [1.54, 1.807) is 14.2 Å². The van der Waals surface area contributed by atoms with Gasteiger partial charge in [-0.15, -0.1) is 5.10 Å². The Morgan fingerprint density at radius 1 is 1.13 bits per heavy atom. The Morgan fingerprint density at radius 2 is 1.94 bits per heavy atom. The average molecular weight is 418 g/mol. The number of fused-ring (bicyclic) bond motifs is 1. The minimum Gasteiger partial charge on any atom is -0.493 e. The van der Waals surface area contributed by atoms with Crippen molar-refractivity contribution in [2.24, 2.45) is 5.73 Å². The highest BCUT2D eigenvalue weighted by Crippen LogP contribution is 2.44. The summed E-state index contributed by atoms with van der Waals surface area (Å²) in [5.74, 6) is 1.03. The van der Waals surface area contributed by atoms with Gasteiger partial charge in [0.1, 0.15) is 18.2 Å².